The van der Waals surface area contributed by atoms with Crippen LogP contribution in [0.1, 0.15) is 19.4 Å². The van der Waals surface area contributed by atoms with Crippen LogP contribution in [0, 0.1) is 0 Å². The summed E-state index contributed by atoms with van der Waals surface area (Å²) in [4.78, 5) is 26.6. The molecule has 1 aromatic rings. The molecule has 0 spiro atoms. The average Bonchev–Trinajstić information content (AvgIpc) is 2.35. The molecule has 0 saturated carbocycles. The number of carbonyl (C=O) groups excluding carboxylic acids is 2. The fraction of sp³-hybridized carbons (Fsp3) is 0.308. The van der Waals surface area contributed by atoms with Crippen molar-refractivity contribution in [1.29, 1.82) is 0 Å². The van der Waals surface area contributed by atoms with Crippen LogP contribution >= 0.6 is 0 Å². The molecule has 0 unspecified atom stereocenters. The van der Waals surface area contributed by atoms with E-state index < -0.39 is 29.9 Å². The van der Waals surface area contributed by atoms with Gasteiger partial charge in [0.15, 0.2) is 0 Å². The summed E-state index contributed by atoms with van der Waals surface area (Å²) in [7, 11) is 0. The van der Waals surface area contributed by atoms with Crippen molar-refractivity contribution in [3.63, 3.8) is 0 Å². The highest BCUT2D eigenvalue weighted by Crippen LogP contribution is 2.37. The van der Waals surface area contributed by atoms with E-state index >= 15 is 0 Å². The molecule has 5 nitrogen and oxygen atoms in total. The largest absolute Gasteiger partial charge is 0.499 e. The highest BCUT2D eigenvalue weighted by Gasteiger charge is 2.61. The number of hydroxylamine groups is 1. The summed E-state index contributed by atoms with van der Waals surface area (Å²) in [5.74, 6) is -2.33. The monoisotopic (exact) mass is 340 g/mol. The van der Waals surface area contributed by atoms with Gasteiger partial charge in [0, 0.05) is 12.5 Å². The number of ether oxygens (including phenoxy) is 1. The van der Waals surface area contributed by atoms with Gasteiger partial charge < -0.3 is 4.74 Å². The van der Waals surface area contributed by atoms with Crippen molar-refractivity contribution in [2.24, 2.45) is 0 Å². The molecule has 0 aliphatic heterocycles. The average molecular weight is 340 g/mol. The topological polar surface area (TPSA) is 55.6 Å². The first-order valence-electron chi connectivity index (χ1n) is 5.99. The highest BCUT2D eigenvalue weighted by molar-refractivity contribution is 5.81. The molecule has 0 saturated heterocycles. The molecular formula is C13H11F5NO4+. The van der Waals surface area contributed by atoms with E-state index in [4.69, 9.17) is 0 Å². The van der Waals surface area contributed by atoms with Crippen LogP contribution in [0.15, 0.2) is 24.3 Å². The molecule has 0 aliphatic rings. The number of benzene rings is 1. The van der Waals surface area contributed by atoms with Gasteiger partial charge in [-0.2, -0.15) is 26.8 Å². The first kappa shape index (κ1) is 18.5. The second kappa shape index (κ2) is 6.71. The van der Waals surface area contributed by atoms with Crippen molar-refractivity contribution < 1.29 is 45.9 Å². The molecule has 0 aromatic heterocycles. The second-order valence-electron chi connectivity index (χ2n) is 4.25. The fourth-order valence-corrected chi connectivity index (χ4v) is 1.32. The summed E-state index contributed by atoms with van der Waals surface area (Å²) in [6.45, 7) is 2.07. The number of hydrogen-bond donors (Lipinski definition) is 0. The first-order chi connectivity index (χ1) is 10.4. The van der Waals surface area contributed by atoms with E-state index in [0.717, 1.165) is 38.3 Å². The number of hydrogen-bond acceptors (Lipinski definition) is 4. The Morgan fingerprint density at radius 1 is 1.13 bits per heavy atom. The Kier molecular flexibility index (Phi) is 5.41. The Morgan fingerprint density at radius 2 is 1.74 bits per heavy atom. The van der Waals surface area contributed by atoms with Gasteiger partial charge in [0.2, 0.25) is 6.21 Å². The molecule has 10 heteroatoms. The Labute approximate surface area is 126 Å². The third kappa shape index (κ3) is 5.31. The summed E-state index contributed by atoms with van der Waals surface area (Å²) in [6, 6.07) is 4.09. The minimum absolute atomic E-state index is 0.00285. The van der Waals surface area contributed by atoms with E-state index in [1.54, 1.807) is 0 Å². The molecule has 1 amide bonds. The normalized spacial score (nSPS) is 12.7. The van der Waals surface area contributed by atoms with Crippen LogP contribution in [-0.4, -0.2) is 35.1 Å². The molecule has 0 radical (unpaired) electrons. The zero-order valence-corrected chi connectivity index (χ0v) is 11.9. The van der Waals surface area contributed by atoms with E-state index in [0.29, 0.717) is 4.74 Å². The van der Waals surface area contributed by atoms with E-state index in [2.05, 4.69) is 9.57 Å². The summed E-state index contributed by atoms with van der Waals surface area (Å²) in [5, 5.41) is 0. The van der Waals surface area contributed by atoms with Crippen molar-refractivity contribution in [1.82, 2.24) is 0 Å². The fourth-order valence-electron chi connectivity index (χ4n) is 1.32. The van der Waals surface area contributed by atoms with Crippen LogP contribution in [0.3, 0.4) is 0 Å². The molecule has 0 fully saturated rings. The van der Waals surface area contributed by atoms with Gasteiger partial charge in [-0.05, 0) is 18.2 Å². The molecule has 0 bridgehead atoms. The van der Waals surface area contributed by atoms with Gasteiger partial charge in [-0.1, -0.05) is 6.07 Å². The zero-order valence-electron chi connectivity index (χ0n) is 11.9. The van der Waals surface area contributed by atoms with Crippen molar-refractivity contribution in [3.05, 3.63) is 29.8 Å². The maximum absolute atomic E-state index is 12.8. The summed E-state index contributed by atoms with van der Waals surface area (Å²) in [5.41, 5.74) is -0.00285. The third-order valence-electron chi connectivity index (χ3n) is 2.24. The molecule has 1 rings (SSSR count). The number of amides is 1. The van der Waals surface area contributed by atoms with Crippen molar-refractivity contribution >= 4 is 18.1 Å². The Balaban J connectivity index is 3.09. The maximum atomic E-state index is 12.8. The molecular weight excluding hydrogens is 329 g/mol. The molecule has 0 atom stereocenters. The quantitative estimate of drug-likeness (QED) is 0.279. The number of carbonyl (C=O) groups is 2. The zero-order chi connectivity index (χ0) is 17.8. The van der Waals surface area contributed by atoms with Gasteiger partial charge in [-0.15, -0.1) is 0 Å². The SMILES string of the molecule is CC(=O)O[N+](=Cc1cccc(OC(F)(F)C(F)(F)F)c1)C(C)=O. The van der Waals surface area contributed by atoms with Gasteiger partial charge in [0.1, 0.15) is 5.75 Å². The van der Waals surface area contributed by atoms with Crippen LogP contribution in [0.5, 0.6) is 5.75 Å². The van der Waals surface area contributed by atoms with Crippen LogP contribution < -0.4 is 4.74 Å². The second-order valence-corrected chi connectivity index (χ2v) is 4.25. The standard InChI is InChI=1S/C13H11F5NO4/c1-8(20)19(23-9(2)21)7-10-4-3-5-11(6-10)22-13(17,18)12(14,15)16/h3-7H,1-2H3/q+1. The molecule has 0 heterocycles. The summed E-state index contributed by atoms with van der Waals surface area (Å²) in [6.07, 6.45) is -10.3. The minimum Gasteiger partial charge on any atom is -0.426 e. The van der Waals surface area contributed by atoms with Crippen molar-refractivity contribution in [2.75, 3.05) is 0 Å². The number of nitrogens with zero attached hydrogens (tertiary/aromatic N) is 1. The predicted octanol–water partition coefficient (Wildman–Crippen LogP) is 2.68. The lowest BCUT2D eigenvalue weighted by molar-refractivity contribution is -0.688. The molecule has 0 N–H and O–H groups in total. The molecule has 23 heavy (non-hydrogen) atoms. The maximum Gasteiger partial charge on any atom is 0.499 e. The van der Waals surface area contributed by atoms with Gasteiger partial charge in [0.05, 0.1) is 11.7 Å². The van der Waals surface area contributed by atoms with E-state index in [1.165, 1.54) is 6.07 Å². The van der Waals surface area contributed by atoms with E-state index in [-0.39, 0.29) is 5.56 Å². The third-order valence-corrected chi connectivity index (χ3v) is 2.24. The number of halogens is 5. The predicted molar refractivity (Wildman–Crippen MR) is 65.9 cm³/mol. The summed E-state index contributed by atoms with van der Waals surface area (Å²) >= 11 is 0. The van der Waals surface area contributed by atoms with Gasteiger partial charge in [0.25, 0.3) is 0 Å². The van der Waals surface area contributed by atoms with Crippen molar-refractivity contribution in [3.8, 4) is 5.75 Å². The summed E-state index contributed by atoms with van der Waals surface area (Å²) < 4.78 is 66.0. The Hall–Kier alpha value is -2.52. The minimum atomic E-state index is -5.88. The van der Waals surface area contributed by atoms with Crippen LogP contribution in [0.4, 0.5) is 22.0 Å². The molecule has 1 aromatic carbocycles. The Morgan fingerprint density at radius 3 is 2.22 bits per heavy atom. The lowest BCUT2D eigenvalue weighted by Crippen LogP contribution is -2.41. The van der Waals surface area contributed by atoms with Crippen LogP contribution in [0.25, 0.3) is 0 Å². The van der Waals surface area contributed by atoms with Gasteiger partial charge in [-0.3, -0.25) is 0 Å². The van der Waals surface area contributed by atoms with Gasteiger partial charge >= 0.3 is 24.2 Å². The lowest BCUT2D eigenvalue weighted by Gasteiger charge is -2.20. The van der Waals surface area contributed by atoms with E-state index in [9.17, 15) is 31.5 Å². The van der Waals surface area contributed by atoms with Crippen LogP contribution in [0.2, 0.25) is 0 Å². The van der Waals surface area contributed by atoms with E-state index in [1.807, 2.05) is 0 Å². The number of rotatable bonds is 3. The highest BCUT2D eigenvalue weighted by atomic mass is 19.4. The van der Waals surface area contributed by atoms with Crippen molar-refractivity contribution in [2.45, 2.75) is 26.1 Å². The molecule has 0 aliphatic carbocycles. The smallest absolute Gasteiger partial charge is 0.426 e. The first-order valence-corrected chi connectivity index (χ1v) is 5.99. The van der Waals surface area contributed by atoms with Gasteiger partial charge in [-0.25, -0.2) is 9.59 Å². The molecule has 126 valence electrons. The number of alkyl halides is 5. The van der Waals surface area contributed by atoms with Crippen LogP contribution in [-0.2, 0) is 14.4 Å². The lowest BCUT2D eigenvalue weighted by atomic mass is 10.2. The Bertz CT molecular complexity index is 639.